The van der Waals surface area contributed by atoms with Gasteiger partial charge in [-0.15, -0.1) is 0 Å². The zero-order valence-corrected chi connectivity index (χ0v) is 25.4. The van der Waals surface area contributed by atoms with Crippen LogP contribution >= 0.6 is 0 Å². The fourth-order valence-corrected chi connectivity index (χ4v) is 5.42. The van der Waals surface area contributed by atoms with E-state index in [0.29, 0.717) is 12.1 Å². The van der Waals surface area contributed by atoms with Crippen LogP contribution in [0, 0.1) is 29.9 Å². The fourth-order valence-electron chi connectivity index (χ4n) is 4.52. The van der Waals surface area contributed by atoms with Crippen LogP contribution in [0.3, 0.4) is 0 Å². The second kappa shape index (κ2) is 14.1. The minimum Gasteiger partial charge on any atom is -0.354 e. The molecule has 1 atom stereocenters. The highest BCUT2D eigenvalue weighted by molar-refractivity contribution is 7.92. The molecule has 0 heterocycles. The number of nitro benzene ring substituents is 1. The highest BCUT2D eigenvalue weighted by Crippen LogP contribution is 2.28. The van der Waals surface area contributed by atoms with E-state index in [0.717, 1.165) is 33.3 Å². The topological polar surface area (TPSA) is 130 Å². The Morgan fingerprint density at radius 1 is 0.952 bits per heavy atom. The van der Waals surface area contributed by atoms with Crippen molar-refractivity contribution in [2.45, 2.75) is 46.7 Å². The molecule has 1 N–H and O–H groups in total. The number of non-ortho nitro benzene ring substituents is 1. The molecule has 0 aromatic heterocycles. The SMILES string of the molecule is Cc1ccccc1CN(C(=O)CN(c1cc([N+](=O)[O-])ccc1C)S(C)(=O)=O)C(Cc1ccccc1)C(=O)NCC(C)C. The van der Waals surface area contributed by atoms with Crippen molar-refractivity contribution in [3.8, 4) is 0 Å². The first-order valence-corrected chi connectivity index (χ1v) is 15.5. The summed E-state index contributed by atoms with van der Waals surface area (Å²) in [6, 6.07) is 19.7. The lowest BCUT2D eigenvalue weighted by Crippen LogP contribution is -2.53. The summed E-state index contributed by atoms with van der Waals surface area (Å²) in [5.74, 6) is -0.799. The molecule has 1 unspecified atom stereocenters. The number of rotatable bonds is 13. The highest BCUT2D eigenvalue weighted by Gasteiger charge is 2.34. The van der Waals surface area contributed by atoms with Crippen molar-refractivity contribution in [3.05, 3.63) is 105 Å². The Balaban J connectivity index is 2.11. The van der Waals surface area contributed by atoms with E-state index in [1.54, 1.807) is 6.92 Å². The standard InChI is InChI=1S/C31H38N4O6S/c1-22(2)19-32-31(37)29(17-25-12-7-6-8-13-25)33(20-26-14-10-9-11-23(26)3)30(36)21-34(42(5,40)41)28-18-27(35(38)39)16-15-24(28)4/h6-16,18,22,29H,17,19-21H2,1-5H3,(H,32,37). The van der Waals surface area contributed by atoms with E-state index in [9.17, 15) is 28.1 Å². The van der Waals surface area contributed by atoms with Gasteiger partial charge in [-0.05, 0) is 42.0 Å². The van der Waals surface area contributed by atoms with E-state index < -0.39 is 33.4 Å². The third-order valence-electron chi connectivity index (χ3n) is 6.91. The normalized spacial score (nSPS) is 12.0. The molecular weight excluding hydrogens is 556 g/mol. The summed E-state index contributed by atoms with van der Waals surface area (Å²) in [5.41, 5.74) is 2.71. The molecular formula is C31H38N4O6S. The molecule has 0 saturated carbocycles. The Labute approximate surface area is 247 Å². The summed E-state index contributed by atoms with van der Waals surface area (Å²) in [6.45, 7) is 7.27. The van der Waals surface area contributed by atoms with Gasteiger partial charge in [0.2, 0.25) is 21.8 Å². The molecule has 0 aliphatic carbocycles. The second-order valence-corrected chi connectivity index (χ2v) is 12.7. The number of nitrogens with zero attached hydrogens (tertiary/aromatic N) is 3. The van der Waals surface area contributed by atoms with Crippen molar-refractivity contribution in [2.75, 3.05) is 23.7 Å². The predicted octanol–water partition coefficient (Wildman–Crippen LogP) is 4.39. The number of benzene rings is 3. The summed E-state index contributed by atoms with van der Waals surface area (Å²) in [4.78, 5) is 40.1. The smallest absolute Gasteiger partial charge is 0.271 e. The average molecular weight is 595 g/mol. The molecule has 2 amide bonds. The van der Waals surface area contributed by atoms with Crippen molar-refractivity contribution in [3.63, 3.8) is 0 Å². The van der Waals surface area contributed by atoms with Crippen LogP contribution in [0.4, 0.5) is 11.4 Å². The van der Waals surface area contributed by atoms with Crippen molar-refractivity contribution >= 4 is 33.2 Å². The van der Waals surface area contributed by atoms with Crippen molar-refractivity contribution in [1.29, 1.82) is 0 Å². The number of aryl methyl sites for hydroxylation is 2. The maximum atomic E-state index is 14.2. The molecule has 0 aliphatic heterocycles. The molecule has 3 aromatic rings. The molecule has 0 saturated heterocycles. The number of amides is 2. The van der Waals surface area contributed by atoms with Crippen LogP contribution in [0.15, 0.2) is 72.8 Å². The van der Waals surface area contributed by atoms with E-state index >= 15 is 0 Å². The fraction of sp³-hybridized carbons (Fsp3) is 0.355. The highest BCUT2D eigenvalue weighted by atomic mass is 32.2. The molecule has 3 rings (SSSR count). The molecule has 10 nitrogen and oxygen atoms in total. The van der Waals surface area contributed by atoms with Gasteiger partial charge in [0.15, 0.2) is 0 Å². The molecule has 11 heteroatoms. The zero-order valence-electron chi connectivity index (χ0n) is 24.6. The summed E-state index contributed by atoms with van der Waals surface area (Å²) < 4.78 is 26.9. The molecule has 0 aliphatic rings. The Morgan fingerprint density at radius 3 is 2.19 bits per heavy atom. The quantitative estimate of drug-likeness (QED) is 0.231. The third-order valence-corrected chi connectivity index (χ3v) is 8.04. The number of hydrogen-bond acceptors (Lipinski definition) is 6. The van der Waals surface area contributed by atoms with E-state index in [4.69, 9.17) is 0 Å². The van der Waals surface area contributed by atoms with Gasteiger partial charge in [0.1, 0.15) is 12.6 Å². The number of hydrogen-bond donors (Lipinski definition) is 1. The molecule has 0 bridgehead atoms. The zero-order chi connectivity index (χ0) is 31.0. The van der Waals surface area contributed by atoms with Gasteiger partial charge in [-0.25, -0.2) is 8.42 Å². The first kappa shape index (κ1) is 32.3. The summed E-state index contributed by atoms with van der Waals surface area (Å²) in [5, 5.41) is 14.4. The number of carbonyl (C=O) groups is 2. The van der Waals surface area contributed by atoms with Gasteiger partial charge in [-0.2, -0.15) is 0 Å². The minimum atomic E-state index is -4.06. The van der Waals surface area contributed by atoms with Crippen molar-refractivity contribution in [1.82, 2.24) is 10.2 Å². The van der Waals surface area contributed by atoms with Crippen LogP contribution in [-0.2, 0) is 32.6 Å². The van der Waals surface area contributed by atoms with Gasteiger partial charge in [0, 0.05) is 31.6 Å². The lowest BCUT2D eigenvalue weighted by atomic mass is 10.0. The van der Waals surface area contributed by atoms with E-state index in [1.807, 2.05) is 75.4 Å². The molecule has 0 radical (unpaired) electrons. The number of sulfonamides is 1. The lowest BCUT2D eigenvalue weighted by molar-refractivity contribution is -0.384. The van der Waals surface area contributed by atoms with Gasteiger partial charge < -0.3 is 10.2 Å². The van der Waals surface area contributed by atoms with E-state index in [2.05, 4.69) is 5.32 Å². The lowest BCUT2D eigenvalue weighted by Gasteiger charge is -2.34. The van der Waals surface area contributed by atoms with Crippen LogP contribution in [-0.4, -0.2) is 55.4 Å². The van der Waals surface area contributed by atoms with Gasteiger partial charge >= 0.3 is 0 Å². The van der Waals surface area contributed by atoms with E-state index in [1.165, 1.54) is 17.0 Å². The monoisotopic (exact) mass is 594 g/mol. The van der Waals surface area contributed by atoms with Crippen LogP contribution in [0.5, 0.6) is 0 Å². The number of anilines is 1. The van der Waals surface area contributed by atoms with Crippen LogP contribution < -0.4 is 9.62 Å². The number of nitro groups is 1. The van der Waals surface area contributed by atoms with Crippen molar-refractivity contribution < 1.29 is 22.9 Å². The largest absolute Gasteiger partial charge is 0.354 e. The Bertz CT molecular complexity index is 1530. The van der Waals surface area contributed by atoms with Gasteiger partial charge in [-0.1, -0.05) is 74.5 Å². The molecule has 0 fully saturated rings. The van der Waals surface area contributed by atoms with Crippen LogP contribution in [0.25, 0.3) is 0 Å². The number of nitrogens with one attached hydrogen (secondary N) is 1. The maximum absolute atomic E-state index is 14.2. The molecule has 224 valence electrons. The minimum absolute atomic E-state index is 0.0276. The Hall–Kier alpha value is -4.25. The van der Waals surface area contributed by atoms with Crippen LogP contribution in [0.1, 0.15) is 36.1 Å². The average Bonchev–Trinajstić information content (AvgIpc) is 2.93. The maximum Gasteiger partial charge on any atom is 0.271 e. The van der Waals surface area contributed by atoms with Crippen LogP contribution in [0.2, 0.25) is 0 Å². The molecule has 3 aromatic carbocycles. The first-order valence-electron chi connectivity index (χ1n) is 13.7. The first-order chi connectivity index (χ1) is 19.8. The van der Waals surface area contributed by atoms with Crippen molar-refractivity contribution in [2.24, 2.45) is 5.92 Å². The summed E-state index contributed by atoms with van der Waals surface area (Å²) in [7, 11) is -4.06. The second-order valence-electron chi connectivity index (χ2n) is 10.8. The number of carbonyl (C=O) groups excluding carboxylic acids is 2. The van der Waals surface area contributed by atoms with E-state index in [-0.39, 0.29) is 36.2 Å². The third kappa shape index (κ3) is 8.62. The summed E-state index contributed by atoms with van der Waals surface area (Å²) in [6.07, 6.45) is 1.15. The molecule has 0 spiro atoms. The Morgan fingerprint density at radius 2 is 1.60 bits per heavy atom. The van der Waals surface area contributed by atoms with Gasteiger partial charge in [-0.3, -0.25) is 24.0 Å². The Kier molecular flexibility index (Phi) is 10.8. The summed E-state index contributed by atoms with van der Waals surface area (Å²) >= 11 is 0. The van der Waals surface area contributed by atoms with Gasteiger partial charge in [0.05, 0.1) is 16.9 Å². The van der Waals surface area contributed by atoms with Gasteiger partial charge in [0.25, 0.3) is 5.69 Å². The predicted molar refractivity (Wildman–Crippen MR) is 164 cm³/mol. The molecule has 42 heavy (non-hydrogen) atoms.